The molecule has 1 amide bonds. The lowest BCUT2D eigenvalue weighted by Gasteiger charge is -2.43. The first-order valence-electron chi connectivity index (χ1n) is 6.61. The number of nitrogens with zero attached hydrogens (tertiary/aromatic N) is 2. The van der Waals surface area contributed by atoms with Gasteiger partial charge in [-0.1, -0.05) is 6.07 Å². The molecule has 3 nitrogen and oxygen atoms in total. The summed E-state index contributed by atoms with van der Waals surface area (Å²) in [4.78, 5) is 13.5. The Labute approximate surface area is 116 Å². The van der Waals surface area contributed by atoms with Gasteiger partial charge in [-0.2, -0.15) is 5.26 Å². The maximum Gasteiger partial charge on any atom is 0.223 e. The minimum Gasteiger partial charge on any atom is -0.327 e. The number of carbonyl (C=O) groups is 1. The number of nitriles is 1. The quantitative estimate of drug-likeness (QED) is 0.850. The third-order valence-corrected chi connectivity index (χ3v) is 4.06. The summed E-state index contributed by atoms with van der Waals surface area (Å²) < 4.78 is 26.9. The first kappa shape index (κ1) is 14.4. The van der Waals surface area contributed by atoms with Gasteiger partial charge in [0.15, 0.2) is 0 Å². The van der Waals surface area contributed by atoms with Crippen LogP contribution < -0.4 is 0 Å². The van der Waals surface area contributed by atoms with Crippen molar-refractivity contribution in [1.29, 1.82) is 5.26 Å². The maximum atomic E-state index is 13.5. The second-order valence-corrected chi connectivity index (χ2v) is 5.15. The largest absolute Gasteiger partial charge is 0.327 e. The summed E-state index contributed by atoms with van der Waals surface area (Å²) in [6.45, 7) is 0. The Bertz CT molecular complexity index is 541. The lowest BCUT2D eigenvalue weighted by molar-refractivity contribution is -0.136. The zero-order chi connectivity index (χ0) is 14.8. The van der Waals surface area contributed by atoms with E-state index in [0.717, 1.165) is 6.42 Å². The van der Waals surface area contributed by atoms with Crippen LogP contribution in [0.15, 0.2) is 18.2 Å². The first-order chi connectivity index (χ1) is 9.50. The van der Waals surface area contributed by atoms with Gasteiger partial charge < -0.3 is 4.90 Å². The minimum absolute atomic E-state index is 0.00220. The van der Waals surface area contributed by atoms with Crippen LogP contribution in [0.1, 0.15) is 31.2 Å². The van der Waals surface area contributed by atoms with Crippen molar-refractivity contribution < 1.29 is 13.6 Å². The molecule has 0 heterocycles. The fourth-order valence-electron chi connectivity index (χ4n) is 2.44. The van der Waals surface area contributed by atoms with E-state index in [2.05, 4.69) is 6.07 Å². The van der Waals surface area contributed by atoms with Crippen molar-refractivity contribution in [2.45, 2.75) is 37.6 Å². The Kier molecular flexibility index (Phi) is 4.03. The number of benzene rings is 1. The van der Waals surface area contributed by atoms with E-state index in [9.17, 15) is 13.6 Å². The van der Waals surface area contributed by atoms with Crippen molar-refractivity contribution in [3.8, 4) is 6.07 Å². The number of carbonyl (C=O) groups excluding carboxylic acids is 1. The highest BCUT2D eigenvalue weighted by atomic mass is 19.1. The van der Waals surface area contributed by atoms with Crippen LogP contribution in [0.25, 0.3) is 0 Å². The predicted octanol–water partition coefficient (Wildman–Crippen LogP) is 2.80. The Morgan fingerprint density at radius 2 is 2.00 bits per heavy atom. The van der Waals surface area contributed by atoms with E-state index in [1.807, 2.05) is 0 Å². The molecule has 1 saturated carbocycles. The smallest absolute Gasteiger partial charge is 0.223 e. The molecule has 0 unspecified atom stereocenters. The van der Waals surface area contributed by atoms with Gasteiger partial charge in [-0.25, -0.2) is 8.78 Å². The van der Waals surface area contributed by atoms with Gasteiger partial charge in [0.05, 0.1) is 6.07 Å². The monoisotopic (exact) mass is 278 g/mol. The number of amides is 1. The van der Waals surface area contributed by atoms with Crippen molar-refractivity contribution in [3.63, 3.8) is 0 Å². The maximum absolute atomic E-state index is 13.5. The van der Waals surface area contributed by atoms with Crippen molar-refractivity contribution in [3.05, 3.63) is 35.4 Å². The molecule has 0 radical (unpaired) electrons. The lowest BCUT2D eigenvalue weighted by Crippen LogP contribution is -2.53. The highest BCUT2D eigenvalue weighted by molar-refractivity contribution is 5.77. The van der Waals surface area contributed by atoms with E-state index >= 15 is 0 Å². The van der Waals surface area contributed by atoms with Gasteiger partial charge in [-0.15, -0.1) is 0 Å². The van der Waals surface area contributed by atoms with E-state index in [1.54, 1.807) is 7.05 Å². The highest BCUT2D eigenvalue weighted by Gasteiger charge is 2.43. The van der Waals surface area contributed by atoms with Crippen molar-refractivity contribution in [2.24, 2.45) is 0 Å². The number of hydrogen-bond acceptors (Lipinski definition) is 2. The minimum atomic E-state index is -0.717. The number of hydrogen-bond donors (Lipinski definition) is 0. The summed E-state index contributed by atoms with van der Waals surface area (Å²) in [5.74, 6) is -1.54. The summed E-state index contributed by atoms with van der Waals surface area (Å²) in [6.07, 6.45) is 2.26. The van der Waals surface area contributed by atoms with Crippen molar-refractivity contribution in [2.75, 3.05) is 7.05 Å². The Balaban J connectivity index is 2.01. The SMILES string of the molecule is CN(C(=O)CCc1c(F)cccc1F)C1(C#N)CCC1. The van der Waals surface area contributed by atoms with Crippen LogP contribution in [-0.2, 0) is 11.2 Å². The van der Waals surface area contributed by atoms with Crippen LogP contribution >= 0.6 is 0 Å². The predicted molar refractivity (Wildman–Crippen MR) is 69.6 cm³/mol. The Hall–Kier alpha value is -1.96. The van der Waals surface area contributed by atoms with E-state index in [-0.39, 0.29) is 24.3 Å². The molecule has 1 aliphatic carbocycles. The summed E-state index contributed by atoms with van der Waals surface area (Å²) >= 11 is 0. The van der Waals surface area contributed by atoms with Crippen LogP contribution in [0.2, 0.25) is 0 Å². The van der Waals surface area contributed by atoms with Crippen LogP contribution in [0.5, 0.6) is 0 Å². The fraction of sp³-hybridized carbons (Fsp3) is 0.467. The molecule has 0 N–H and O–H groups in total. The van der Waals surface area contributed by atoms with Crippen LogP contribution in [0.3, 0.4) is 0 Å². The zero-order valence-electron chi connectivity index (χ0n) is 11.3. The topological polar surface area (TPSA) is 44.1 Å². The van der Waals surface area contributed by atoms with E-state index in [4.69, 9.17) is 5.26 Å². The molecule has 0 aromatic heterocycles. The molecule has 1 aromatic carbocycles. The molecule has 20 heavy (non-hydrogen) atoms. The summed E-state index contributed by atoms with van der Waals surface area (Å²) in [5, 5.41) is 9.17. The molecule has 0 atom stereocenters. The number of rotatable bonds is 4. The zero-order valence-corrected chi connectivity index (χ0v) is 11.3. The first-order valence-corrected chi connectivity index (χ1v) is 6.61. The molecule has 1 aliphatic rings. The third-order valence-electron chi connectivity index (χ3n) is 4.06. The van der Waals surface area contributed by atoms with E-state index < -0.39 is 17.2 Å². The fourth-order valence-corrected chi connectivity index (χ4v) is 2.44. The molecular formula is C15H16F2N2O. The molecule has 0 aliphatic heterocycles. The molecule has 106 valence electrons. The standard InChI is InChI=1S/C15H16F2N2O/c1-19(15(10-18)8-3-9-15)14(20)7-6-11-12(16)4-2-5-13(11)17/h2,4-5H,3,6-9H2,1H3. The molecule has 0 saturated heterocycles. The summed E-state index contributed by atoms with van der Waals surface area (Å²) in [7, 11) is 1.59. The van der Waals surface area contributed by atoms with Gasteiger partial charge in [0, 0.05) is 19.0 Å². The van der Waals surface area contributed by atoms with Crippen LogP contribution in [-0.4, -0.2) is 23.4 Å². The summed E-state index contributed by atoms with van der Waals surface area (Å²) in [6, 6.07) is 5.82. The average Bonchev–Trinajstić information content (AvgIpc) is 2.37. The second-order valence-electron chi connectivity index (χ2n) is 5.15. The van der Waals surface area contributed by atoms with E-state index in [0.29, 0.717) is 12.8 Å². The number of halogens is 2. The van der Waals surface area contributed by atoms with Crippen molar-refractivity contribution in [1.82, 2.24) is 4.90 Å². The summed E-state index contributed by atoms with van der Waals surface area (Å²) in [5.41, 5.74) is -0.793. The molecule has 5 heteroatoms. The second kappa shape index (κ2) is 5.58. The Morgan fingerprint density at radius 1 is 1.40 bits per heavy atom. The third kappa shape index (κ3) is 2.51. The molecule has 0 bridgehead atoms. The van der Waals surface area contributed by atoms with Crippen molar-refractivity contribution >= 4 is 5.91 Å². The molecule has 0 spiro atoms. The Morgan fingerprint density at radius 3 is 2.45 bits per heavy atom. The van der Waals surface area contributed by atoms with Crippen LogP contribution in [0.4, 0.5) is 8.78 Å². The highest BCUT2D eigenvalue weighted by Crippen LogP contribution is 2.36. The van der Waals surface area contributed by atoms with Gasteiger partial charge in [-0.3, -0.25) is 4.79 Å². The van der Waals surface area contributed by atoms with Gasteiger partial charge in [0.1, 0.15) is 17.2 Å². The van der Waals surface area contributed by atoms with Gasteiger partial charge >= 0.3 is 0 Å². The lowest BCUT2D eigenvalue weighted by atomic mass is 9.76. The van der Waals surface area contributed by atoms with Gasteiger partial charge in [0.2, 0.25) is 5.91 Å². The van der Waals surface area contributed by atoms with Gasteiger partial charge in [-0.05, 0) is 37.8 Å². The molecule has 2 rings (SSSR count). The molecule has 1 fully saturated rings. The van der Waals surface area contributed by atoms with Crippen LogP contribution in [0, 0.1) is 23.0 Å². The van der Waals surface area contributed by atoms with Gasteiger partial charge in [0.25, 0.3) is 0 Å². The molecular weight excluding hydrogens is 262 g/mol. The average molecular weight is 278 g/mol. The molecule has 1 aromatic rings. The normalized spacial score (nSPS) is 16.1. The van der Waals surface area contributed by atoms with E-state index in [1.165, 1.54) is 23.1 Å².